The van der Waals surface area contributed by atoms with Crippen LogP contribution in [0.1, 0.15) is 64.3 Å². The van der Waals surface area contributed by atoms with Gasteiger partial charge in [0.2, 0.25) is 11.4 Å². The summed E-state index contributed by atoms with van der Waals surface area (Å²) in [7, 11) is 2.14. The average molecular weight is 461 g/mol. The first-order valence-electron chi connectivity index (χ1n) is 12.2. The molecule has 2 aromatic carbocycles. The van der Waals surface area contributed by atoms with E-state index in [4.69, 9.17) is 9.68 Å². The average Bonchev–Trinajstić information content (AvgIpc) is 3.24. The SMILES string of the molecule is Cc1cc(C)c(C2=NOC3(C2)CC2(C)ON=C(c4c(C)cc(C)cc4C)N2CCN3C)c(C)c1. The second-order valence-electron chi connectivity index (χ2n) is 10.7. The van der Waals surface area contributed by atoms with Crippen molar-refractivity contribution < 1.29 is 9.68 Å². The summed E-state index contributed by atoms with van der Waals surface area (Å²) in [5.41, 5.74) is 9.70. The summed E-state index contributed by atoms with van der Waals surface area (Å²) >= 11 is 0. The predicted octanol–water partition coefficient (Wildman–Crippen LogP) is 5.10. The van der Waals surface area contributed by atoms with Gasteiger partial charge in [-0.1, -0.05) is 45.7 Å². The normalized spacial score (nSPS) is 26.6. The van der Waals surface area contributed by atoms with Crippen LogP contribution >= 0.6 is 0 Å². The third-order valence-electron chi connectivity index (χ3n) is 7.75. The highest BCUT2D eigenvalue weighted by molar-refractivity contribution is 6.04. The summed E-state index contributed by atoms with van der Waals surface area (Å²) in [6.45, 7) is 16.7. The molecule has 5 rings (SSSR count). The Labute approximate surface area is 203 Å². The second-order valence-corrected chi connectivity index (χ2v) is 10.7. The predicted molar refractivity (Wildman–Crippen MR) is 136 cm³/mol. The van der Waals surface area contributed by atoms with E-state index in [9.17, 15) is 0 Å². The van der Waals surface area contributed by atoms with Gasteiger partial charge in [0.25, 0.3) is 0 Å². The van der Waals surface area contributed by atoms with Gasteiger partial charge < -0.3 is 14.6 Å². The van der Waals surface area contributed by atoms with Crippen LogP contribution in [0.15, 0.2) is 34.6 Å². The highest BCUT2D eigenvalue weighted by atomic mass is 16.7. The molecule has 0 saturated carbocycles. The summed E-state index contributed by atoms with van der Waals surface area (Å²) in [5, 5.41) is 9.29. The van der Waals surface area contributed by atoms with Crippen LogP contribution in [0.25, 0.3) is 0 Å². The van der Waals surface area contributed by atoms with Crippen LogP contribution in [0.2, 0.25) is 0 Å². The summed E-state index contributed by atoms with van der Waals surface area (Å²) < 4.78 is 0. The summed E-state index contributed by atoms with van der Waals surface area (Å²) in [4.78, 5) is 17.2. The standard InChI is InChI=1S/C28H36N4O2/c1-17-11-19(3)24(20(4)12-17)23-15-28(34-29-23)16-27(7)32(10-9-31(28)8)26(30-33-27)25-21(5)13-18(2)14-22(25)6/h11-14H,9-10,15-16H2,1-8H3. The Hall–Kier alpha value is -2.86. The van der Waals surface area contributed by atoms with Crippen LogP contribution in [0.4, 0.5) is 0 Å². The number of fused-ring (bicyclic) bond motifs is 1. The maximum absolute atomic E-state index is 6.31. The Morgan fingerprint density at radius 2 is 1.32 bits per heavy atom. The van der Waals surface area contributed by atoms with Gasteiger partial charge in [-0.2, -0.15) is 0 Å². The third-order valence-corrected chi connectivity index (χ3v) is 7.75. The lowest BCUT2D eigenvalue weighted by molar-refractivity contribution is -0.177. The number of likely N-dealkylation sites (N-methyl/N-ethyl adjacent to an activating group) is 1. The number of oxime groups is 2. The van der Waals surface area contributed by atoms with Gasteiger partial charge in [-0.25, -0.2) is 0 Å². The van der Waals surface area contributed by atoms with E-state index in [0.717, 1.165) is 31.1 Å². The van der Waals surface area contributed by atoms with Gasteiger partial charge in [-0.3, -0.25) is 4.90 Å². The molecule has 6 nitrogen and oxygen atoms in total. The zero-order valence-corrected chi connectivity index (χ0v) is 21.7. The van der Waals surface area contributed by atoms with E-state index < -0.39 is 11.4 Å². The van der Waals surface area contributed by atoms with Crippen LogP contribution in [0.3, 0.4) is 0 Å². The molecule has 34 heavy (non-hydrogen) atoms. The van der Waals surface area contributed by atoms with Crippen LogP contribution in [-0.2, 0) is 9.68 Å². The third kappa shape index (κ3) is 3.50. The first kappa shape index (κ1) is 22.9. The Morgan fingerprint density at radius 3 is 1.91 bits per heavy atom. The van der Waals surface area contributed by atoms with E-state index in [-0.39, 0.29) is 0 Å². The van der Waals surface area contributed by atoms with Crippen LogP contribution < -0.4 is 0 Å². The van der Waals surface area contributed by atoms with Crippen molar-refractivity contribution in [3.8, 4) is 0 Å². The molecule has 3 aliphatic rings. The van der Waals surface area contributed by atoms with Gasteiger partial charge in [0, 0.05) is 24.2 Å². The Balaban J connectivity index is 1.46. The van der Waals surface area contributed by atoms with Crippen molar-refractivity contribution in [3.05, 3.63) is 68.8 Å². The fourth-order valence-corrected chi connectivity index (χ4v) is 6.28. The molecule has 3 aliphatic heterocycles. The molecule has 0 aliphatic carbocycles. The van der Waals surface area contributed by atoms with Crippen molar-refractivity contribution in [1.29, 1.82) is 0 Å². The van der Waals surface area contributed by atoms with Crippen LogP contribution in [0, 0.1) is 41.5 Å². The number of benzene rings is 2. The molecule has 180 valence electrons. The van der Waals surface area contributed by atoms with Crippen molar-refractivity contribution in [2.45, 2.75) is 72.8 Å². The molecule has 2 unspecified atom stereocenters. The fraction of sp³-hybridized carbons (Fsp3) is 0.500. The largest absolute Gasteiger partial charge is 0.372 e. The fourth-order valence-electron chi connectivity index (χ4n) is 6.28. The highest BCUT2D eigenvalue weighted by Gasteiger charge is 2.56. The Bertz CT molecular complexity index is 1190. The molecule has 1 spiro atoms. The van der Waals surface area contributed by atoms with Gasteiger partial charge in [0.1, 0.15) is 0 Å². The number of aryl methyl sites for hydroxylation is 6. The van der Waals surface area contributed by atoms with Gasteiger partial charge >= 0.3 is 0 Å². The number of nitrogens with zero attached hydrogens (tertiary/aromatic N) is 4. The van der Waals surface area contributed by atoms with Gasteiger partial charge in [-0.05, 0) is 77.8 Å². The van der Waals surface area contributed by atoms with Crippen molar-refractivity contribution in [2.75, 3.05) is 20.1 Å². The first-order valence-corrected chi connectivity index (χ1v) is 12.2. The summed E-state index contributed by atoms with van der Waals surface area (Å²) in [5.74, 6) is 0.923. The molecule has 3 heterocycles. The van der Waals surface area contributed by atoms with E-state index in [1.165, 1.54) is 44.5 Å². The van der Waals surface area contributed by atoms with E-state index >= 15 is 0 Å². The lowest BCUT2D eigenvalue weighted by atomic mass is 9.89. The lowest BCUT2D eigenvalue weighted by Gasteiger charge is -2.38. The summed E-state index contributed by atoms with van der Waals surface area (Å²) in [6, 6.07) is 8.89. The number of amidine groups is 1. The quantitative estimate of drug-likeness (QED) is 0.625. The van der Waals surface area contributed by atoms with Crippen molar-refractivity contribution in [3.63, 3.8) is 0 Å². The molecule has 0 bridgehead atoms. The molecular weight excluding hydrogens is 424 g/mol. The number of hydrogen-bond acceptors (Lipinski definition) is 6. The van der Waals surface area contributed by atoms with Crippen molar-refractivity contribution >= 4 is 11.5 Å². The molecule has 2 aromatic rings. The Morgan fingerprint density at radius 1 is 0.765 bits per heavy atom. The molecule has 0 amide bonds. The number of rotatable bonds is 2. The molecule has 0 N–H and O–H groups in total. The molecular formula is C28H36N4O2. The minimum absolute atomic E-state index is 0.565. The topological polar surface area (TPSA) is 49.7 Å². The molecule has 0 aromatic heterocycles. The van der Waals surface area contributed by atoms with E-state index in [1.54, 1.807) is 0 Å². The van der Waals surface area contributed by atoms with Crippen molar-refractivity contribution in [2.24, 2.45) is 10.3 Å². The molecule has 2 atom stereocenters. The monoisotopic (exact) mass is 460 g/mol. The highest BCUT2D eigenvalue weighted by Crippen LogP contribution is 2.44. The minimum atomic E-state index is -0.605. The van der Waals surface area contributed by atoms with Gasteiger partial charge in [0.15, 0.2) is 5.84 Å². The molecule has 1 fully saturated rings. The zero-order chi connectivity index (χ0) is 24.4. The first-order chi connectivity index (χ1) is 16.0. The van der Waals surface area contributed by atoms with Crippen LogP contribution in [-0.4, -0.2) is 52.9 Å². The Kier molecular flexibility index (Phi) is 5.28. The van der Waals surface area contributed by atoms with E-state index in [0.29, 0.717) is 6.42 Å². The molecule has 6 heteroatoms. The van der Waals surface area contributed by atoms with Gasteiger partial charge in [0.05, 0.1) is 18.6 Å². The number of hydrogen-bond donors (Lipinski definition) is 0. The molecule has 0 radical (unpaired) electrons. The van der Waals surface area contributed by atoms with Gasteiger partial charge in [-0.15, -0.1) is 0 Å². The lowest BCUT2D eigenvalue weighted by Crippen LogP contribution is -2.52. The van der Waals surface area contributed by atoms with Crippen molar-refractivity contribution in [1.82, 2.24) is 9.80 Å². The van der Waals surface area contributed by atoms with E-state index in [1.807, 2.05) is 0 Å². The maximum Gasteiger partial charge on any atom is 0.214 e. The van der Waals surface area contributed by atoms with E-state index in [2.05, 4.69) is 99.9 Å². The zero-order valence-electron chi connectivity index (χ0n) is 21.7. The maximum atomic E-state index is 6.31. The minimum Gasteiger partial charge on any atom is -0.372 e. The smallest absolute Gasteiger partial charge is 0.214 e. The molecule has 1 saturated heterocycles. The van der Waals surface area contributed by atoms with Crippen LogP contribution in [0.5, 0.6) is 0 Å². The summed E-state index contributed by atoms with van der Waals surface area (Å²) in [6.07, 6.45) is 1.36. The second kappa shape index (κ2) is 7.84.